The van der Waals surface area contributed by atoms with Crippen molar-refractivity contribution in [1.29, 1.82) is 0 Å². The van der Waals surface area contributed by atoms with Gasteiger partial charge in [0.15, 0.2) is 0 Å². The molecule has 4 aromatic carbocycles. The average Bonchev–Trinajstić information content (AvgIpc) is 4.28. The second kappa shape index (κ2) is 22.6. The highest BCUT2D eigenvalue weighted by Gasteiger charge is 2.37. The van der Waals surface area contributed by atoms with Crippen molar-refractivity contribution in [3.63, 3.8) is 0 Å². The Kier molecular flexibility index (Phi) is 16.1. The molecule has 7 aromatic rings. The van der Waals surface area contributed by atoms with Gasteiger partial charge in [-0.05, 0) is 125 Å². The van der Waals surface area contributed by atoms with Gasteiger partial charge in [-0.25, -0.2) is 4.68 Å². The van der Waals surface area contributed by atoms with E-state index in [4.69, 9.17) is 28.3 Å². The molecule has 410 valence electrons. The number of halogens is 8. The summed E-state index contributed by atoms with van der Waals surface area (Å²) in [5.74, 6) is -1.28. The van der Waals surface area contributed by atoms with Gasteiger partial charge >= 0.3 is 12.4 Å². The number of hydrazine groups is 2. The highest BCUT2D eigenvalue weighted by Crippen LogP contribution is 2.41. The molecule has 0 bridgehead atoms. The van der Waals surface area contributed by atoms with Gasteiger partial charge in [0, 0.05) is 98.0 Å². The lowest BCUT2D eigenvalue weighted by Crippen LogP contribution is -2.39. The van der Waals surface area contributed by atoms with Crippen LogP contribution in [0.15, 0.2) is 85.5 Å². The summed E-state index contributed by atoms with van der Waals surface area (Å²) >= 11 is 12.5. The number of carbonyl (C=O) groups is 2. The number of hydrogen-bond donors (Lipinski definition) is 5. The second-order valence-electron chi connectivity index (χ2n) is 19.1. The summed E-state index contributed by atoms with van der Waals surface area (Å²) in [5, 5.41) is 31.9. The van der Waals surface area contributed by atoms with Crippen LogP contribution in [0.5, 0.6) is 0 Å². The number of alkyl halides is 6. The van der Waals surface area contributed by atoms with Crippen molar-refractivity contribution in [3.8, 4) is 16.9 Å². The molecule has 9 rings (SSSR count). The Hall–Kier alpha value is -7.28. The van der Waals surface area contributed by atoms with Crippen LogP contribution in [0.2, 0.25) is 10.0 Å². The van der Waals surface area contributed by atoms with Gasteiger partial charge in [-0.3, -0.25) is 34.3 Å². The van der Waals surface area contributed by atoms with Crippen LogP contribution in [0.25, 0.3) is 22.6 Å². The Morgan fingerprint density at radius 2 is 1.37 bits per heavy atom. The van der Waals surface area contributed by atoms with Crippen LogP contribution in [-0.2, 0) is 45.5 Å². The lowest BCUT2D eigenvalue weighted by Gasteiger charge is -2.31. The number of rotatable bonds is 18. The van der Waals surface area contributed by atoms with Gasteiger partial charge in [-0.1, -0.05) is 40.5 Å². The first-order valence-electron chi connectivity index (χ1n) is 24.8. The van der Waals surface area contributed by atoms with Crippen molar-refractivity contribution in [2.45, 2.75) is 65.6 Å². The number of carbonyl (C=O) groups excluding carboxylic acids is 2. The number of likely N-dealkylation sites (N-methyl/N-ethyl adjacent to an activating group) is 1. The SMILES string of the molecule is CNCCNCc1cc(NC(=O)c2ccc(CCn3ncc(C4=CN(c5cc(C(=O)Nc6cc(CN7CCC7)c(Cl)c(C(F)(F)F)c6)ccc5C)N(C)N4)c3C)c(-n3cc(-c4cnn(C)c4C)nn3)c2)cc(C(F)(F)F)c1Cl. The Bertz CT molecular complexity index is 3440. The Morgan fingerprint density at radius 1 is 0.744 bits per heavy atom. The van der Waals surface area contributed by atoms with Crippen molar-refractivity contribution in [1.82, 2.24) is 60.6 Å². The number of aromatic nitrogens is 7. The number of hydrogen-bond acceptors (Lipinski definition) is 12. The number of benzene rings is 4. The average molecular weight is 1120 g/mol. The minimum Gasteiger partial charge on any atom is -0.322 e. The van der Waals surface area contributed by atoms with E-state index in [9.17, 15) is 35.9 Å². The molecule has 0 spiro atoms. The zero-order valence-corrected chi connectivity index (χ0v) is 44.8. The first-order chi connectivity index (χ1) is 37.1. The lowest BCUT2D eigenvalue weighted by molar-refractivity contribution is -0.138. The number of likely N-dealkylation sites (tertiary alicyclic amines) is 1. The van der Waals surface area contributed by atoms with Crippen molar-refractivity contribution < 1.29 is 35.9 Å². The molecule has 78 heavy (non-hydrogen) atoms. The molecule has 1 saturated heterocycles. The standard InChI is InChI=1S/C53H55Cl2F6N15O2/c1-30-8-9-34(50(77)67-39-19-37(27-73-15-7-16-73)49(55)43(23-39)53(59,60)61)20-46(30)76-29-45(69-72(76)6)41-26-65-74(32(41)3)17-12-33-10-11-35(21-47(33)75-28-44(68-70-75)40-25-64-71(5)31(40)2)51(78)66-38-18-36(24-63-14-13-62-4)48(54)42(22-38)52(56,57)58/h8-11,18-23,25-26,28-29,62-63,69H,7,12-17,24,27H2,1-6H3,(H,66,78)(H,67,77). The van der Waals surface area contributed by atoms with E-state index >= 15 is 0 Å². The topological polar surface area (TPSA) is 170 Å². The highest BCUT2D eigenvalue weighted by molar-refractivity contribution is 6.32. The molecule has 0 atom stereocenters. The van der Waals surface area contributed by atoms with Gasteiger partial charge in [0.1, 0.15) is 5.69 Å². The predicted molar refractivity (Wildman–Crippen MR) is 286 cm³/mol. The van der Waals surface area contributed by atoms with Gasteiger partial charge < -0.3 is 21.3 Å². The summed E-state index contributed by atoms with van der Waals surface area (Å²) in [7, 11) is 5.35. The molecular weight excluding hydrogens is 1060 g/mol. The molecular formula is C53H55Cl2F6N15O2. The number of anilines is 3. The lowest BCUT2D eigenvalue weighted by atomic mass is 10.0. The molecule has 0 radical (unpaired) electrons. The molecule has 5 heterocycles. The predicted octanol–water partition coefficient (Wildman–Crippen LogP) is 9.57. The van der Waals surface area contributed by atoms with E-state index in [-0.39, 0.29) is 51.7 Å². The second-order valence-corrected chi connectivity index (χ2v) is 19.9. The molecule has 25 heteroatoms. The van der Waals surface area contributed by atoms with Gasteiger partial charge in [-0.15, -0.1) is 10.2 Å². The third kappa shape index (κ3) is 11.9. The fourth-order valence-electron chi connectivity index (χ4n) is 9.17. The molecule has 1 fully saturated rings. The molecule has 2 aliphatic heterocycles. The summed E-state index contributed by atoms with van der Waals surface area (Å²) in [6.07, 6.45) is -1.23. The van der Waals surface area contributed by atoms with Crippen molar-refractivity contribution >= 4 is 57.8 Å². The van der Waals surface area contributed by atoms with Gasteiger partial charge in [-0.2, -0.15) is 36.5 Å². The minimum atomic E-state index is -4.79. The van der Waals surface area contributed by atoms with Crippen LogP contribution in [0.3, 0.4) is 0 Å². The van der Waals surface area contributed by atoms with E-state index in [0.29, 0.717) is 48.8 Å². The molecule has 3 aromatic heterocycles. The monoisotopic (exact) mass is 1120 g/mol. The van der Waals surface area contributed by atoms with Crippen LogP contribution in [0.4, 0.5) is 43.4 Å². The van der Waals surface area contributed by atoms with E-state index in [1.54, 1.807) is 83.6 Å². The van der Waals surface area contributed by atoms with E-state index in [1.165, 1.54) is 12.1 Å². The minimum absolute atomic E-state index is 0.0228. The smallest absolute Gasteiger partial charge is 0.322 e. The van der Waals surface area contributed by atoms with Crippen LogP contribution >= 0.6 is 23.2 Å². The van der Waals surface area contributed by atoms with E-state index < -0.39 is 40.3 Å². The number of aryl methyl sites for hydroxylation is 4. The summed E-state index contributed by atoms with van der Waals surface area (Å²) in [5.41, 5.74) is 8.97. The maximum Gasteiger partial charge on any atom is 0.417 e. The van der Waals surface area contributed by atoms with Crippen molar-refractivity contribution in [2.24, 2.45) is 7.05 Å². The maximum absolute atomic E-state index is 14.2. The Balaban J connectivity index is 0.951. The maximum atomic E-state index is 14.2. The fraction of sp³-hybridized carbons (Fsp3) is 0.321. The number of nitrogens with one attached hydrogen (secondary N) is 5. The molecule has 17 nitrogen and oxygen atoms in total. The molecule has 0 aliphatic carbocycles. The largest absolute Gasteiger partial charge is 0.417 e. The quantitative estimate of drug-likeness (QED) is 0.0408. The summed E-state index contributed by atoms with van der Waals surface area (Å²) in [4.78, 5) is 29.7. The Morgan fingerprint density at radius 3 is 1.99 bits per heavy atom. The number of amides is 2. The molecule has 2 aliphatic rings. The number of nitrogens with zero attached hydrogens (tertiary/aromatic N) is 10. The first kappa shape index (κ1) is 55.5. The molecule has 0 saturated carbocycles. The Labute approximate surface area is 455 Å². The molecule has 2 amide bonds. The molecule has 5 N–H and O–H groups in total. The van der Waals surface area contributed by atoms with Crippen LogP contribution in [0.1, 0.15) is 77.5 Å². The van der Waals surface area contributed by atoms with Gasteiger partial charge in [0.05, 0.1) is 56.8 Å². The van der Waals surface area contributed by atoms with Crippen LogP contribution in [0, 0.1) is 20.8 Å². The normalized spacial score (nSPS) is 14.2. The highest BCUT2D eigenvalue weighted by atomic mass is 35.5. The van der Waals surface area contributed by atoms with Crippen molar-refractivity contribution in [2.75, 3.05) is 55.9 Å². The van der Waals surface area contributed by atoms with E-state index in [2.05, 4.69) is 42.1 Å². The van der Waals surface area contributed by atoms with Gasteiger partial charge in [0.2, 0.25) is 0 Å². The van der Waals surface area contributed by atoms with E-state index in [0.717, 1.165) is 65.3 Å². The van der Waals surface area contributed by atoms with Crippen LogP contribution in [-0.4, -0.2) is 96.7 Å². The molecule has 0 unspecified atom stereocenters. The zero-order chi connectivity index (χ0) is 55.8. The summed E-state index contributed by atoms with van der Waals surface area (Å²) < 4.78 is 90.1. The zero-order valence-electron chi connectivity index (χ0n) is 43.3. The summed E-state index contributed by atoms with van der Waals surface area (Å²) in [6, 6.07) is 14.5. The van der Waals surface area contributed by atoms with Crippen molar-refractivity contribution in [3.05, 3.63) is 157 Å². The first-order valence-corrected chi connectivity index (χ1v) is 25.5. The van der Waals surface area contributed by atoms with Crippen LogP contribution < -0.4 is 31.7 Å². The summed E-state index contributed by atoms with van der Waals surface area (Å²) in [6.45, 7) is 8.84. The van der Waals surface area contributed by atoms with E-state index in [1.807, 2.05) is 48.6 Å². The third-order valence-electron chi connectivity index (χ3n) is 13.8. The third-order valence-corrected chi connectivity index (χ3v) is 14.7. The fourth-order valence-corrected chi connectivity index (χ4v) is 9.72. The van der Waals surface area contributed by atoms with Gasteiger partial charge in [0.25, 0.3) is 11.8 Å².